The third-order valence-electron chi connectivity index (χ3n) is 6.28. The average Bonchev–Trinajstić information content (AvgIpc) is 3.52. The molecular formula is C23H29N5O5. The Morgan fingerprint density at radius 2 is 2.03 bits per heavy atom. The molecule has 4 amide bonds. The third-order valence-corrected chi connectivity index (χ3v) is 6.28. The monoisotopic (exact) mass is 455 g/mol. The number of hydrogen-bond donors (Lipinski definition) is 2. The first-order valence-corrected chi connectivity index (χ1v) is 11.4. The Morgan fingerprint density at radius 3 is 2.64 bits per heavy atom. The van der Waals surface area contributed by atoms with Crippen LogP contribution in [0.5, 0.6) is 0 Å². The molecule has 2 N–H and O–H groups in total. The van der Waals surface area contributed by atoms with Gasteiger partial charge in [-0.3, -0.25) is 24.6 Å². The van der Waals surface area contributed by atoms with E-state index in [4.69, 9.17) is 0 Å². The zero-order valence-electron chi connectivity index (χ0n) is 19.0. The molecule has 0 aromatic heterocycles. The van der Waals surface area contributed by atoms with Crippen molar-refractivity contribution in [1.82, 2.24) is 20.4 Å². The Labute approximate surface area is 192 Å². The molecule has 2 heterocycles. The van der Waals surface area contributed by atoms with E-state index >= 15 is 0 Å². The van der Waals surface area contributed by atoms with Crippen LogP contribution in [0.15, 0.2) is 35.5 Å². The average molecular weight is 456 g/mol. The summed E-state index contributed by atoms with van der Waals surface area (Å²) >= 11 is 0. The van der Waals surface area contributed by atoms with Gasteiger partial charge in [-0.25, -0.2) is 4.79 Å². The van der Waals surface area contributed by atoms with E-state index in [1.54, 1.807) is 11.0 Å². The van der Waals surface area contributed by atoms with Crippen molar-refractivity contribution in [1.29, 1.82) is 0 Å². The maximum Gasteiger partial charge on any atom is 0.322 e. The molecule has 0 unspecified atom stereocenters. The predicted octanol–water partition coefficient (Wildman–Crippen LogP) is 2.47. The molecule has 2 atom stereocenters. The minimum absolute atomic E-state index is 0.120. The van der Waals surface area contributed by atoms with E-state index in [-0.39, 0.29) is 42.0 Å². The molecule has 1 saturated carbocycles. The van der Waals surface area contributed by atoms with E-state index in [9.17, 15) is 24.5 Å². The highest BCUT2D eigenvalue weighted by Crippen LogP contribution is 2.38. The van der Waals surface area contributed by atoms with E-state index in [0.29, 0.717) is 29.8 Å². The molecule has 33 heavy (non-hydrogen) atoms. The number of carbonyl (C=O) groups excluding carboxylic acids is 3. The van der Waals surface area contributed by atoms with Gasteiger partial charge in [-0.1, -0.05) is 26.0 Å². The molecule has 1 aromatic carbocycles. The molecule has 3 aliphatic rings. The summed E-state index contributed by atoms with van der Waals surface area (Å²) in [5.74, 6) is -0.315. The van der Waals surface area contributed by atoms with E-state index in [0.717, 1.165) is 12.8 Å². The van der Waals surface area contributed by atoms with Gasteiger partial charge in [0.15, 0.2) is 0 Å². The summed E-state index contributed by atoms with van der Waals surface area (Å²) in [7, 11) is 0. The quantitative estimate of drug-likeness (QED) is 0.460. The zero-order valence-corrected chi connectivity index (χ0v) is 19.0. The van der Waals surface area contributed by atoms with E-state index in [1.165, 1.54) is 23.1 Å². The molecule has 1 fully saturated rings. The van der Waals surface area contributed by atoms with Gasteiger partial charge in [0.1, 0.15) is 6.04 Å². The predicted molar refractivity (Wildman–Crippen MR) is 120 cm³/mol. The number of benzene rings is 1. The molecule has 0 radical (unpaired) electrons. The molecule has 1 aromatic rings. The van der Waals surface area contributed by atoms with Gasteiger partial charge in [-0.15, -0.1) is 0 Å². The van der Waals surface area contributed by atoms with Crippen molar-refractivity contribution in [3.05, 3.63) is 51.2 Å². The minimum atomic E-state index is -0.820. The van der Waals surface area contributed by atoms with E-state index in [2.05, 4.69) is 10.6 Å². The van der Waals surface area contributed by atoms with E-state index < -0.39 is 17.0 Å². The first-order chi connectivity index (χ1) is 15.7. The van der Waals surface area contributed by atoms with Crippen LogP contribution in [-0.4, -0.2) is 57.7 Å². The lowest BCUT2D eigenvalue weighted by atomic mass is 9.95. The van der Waals surface area contributed by atoms with Gasteiger partial charge in [0.2, 0.25) is 5.91 Å². The number of non-ortho nitro benzene ring substituents is 1. The number of urea groups is 1. The highest BCUT2D eigenvalue weighted by atomic mass is 16.6. The lowest BCUT2D eigenvalue weighted by Gasteiger charge is -2.32. The second-order valence-electron chi connectivity index (χ2n) is 9.20. The van der Waals surface area contributed by atoms with Crippen LogP contribution in [0.1, 0.15) is 51.6 Å². The maximum absolute atomic E-state index is 13.7. The molecule has 2 aliphatic heterocycles. The number of nitro benzene ring substituents is 1. The molecule has 0 saturated heterocycles. The van der Waals surface area contributed by atoms with Crippen LogP contribution in [0.4, 0.5) is 10.5 Å². The highest BCUT2D eigenvalue weighted by Gasteiger charge is 2.47. The largest absolute Gasteiger partial charge is 0.352 e. The standard InChI is InChI=1S/C23H29N5O5/c1-4-26-18-12-27(17(10-13(2)3)21(29)24-15-8-9-15)22(30)19(18)20(25-23(26)31)14-6-5-7-16(11-14)28(32)33/h5-7,11,13,15,17,20H,4,8-10,12H2,1-3H3,(H,24,29)(H,25,31)/t17-,20+/m1/s1. The summed E-state index contributed by atoms with van der Waals surface area (Å²) in [6.45, 7) is 6.32. The molecule has 1 aliphatic carbocycles. The van der Waals surface area contributed by atoms with Crippen LogP contribution in [0, 0.1) is 16.0 Å². The lowest BCUT2D eigenvalue weighted by molar-refractivity contribution is -0.384. The lowest BCUT2D eigenvalue weighted by Crippen LogP contribution is -2.49. The summed E-state index contributed by atoms with van der Waals surface area (Å²) < 4.78 is 0. The van der Waals surface area contributed by atoms with Gasteiger partial charge < -0.3 is 15.5 Å². The molecule has 4 rings (SSSR count). The molecule has 10 nitrogen and oxygen atoms in total. The number of rotatable bonds is 8. The Bertz CT molecular complexity index is 1030. The van der Waals surface area contributed by atoms with Crippen LogP contribution >= 0.6 is 0 Å². The van der Waals surface area contributed by atoms with Gasteiger partial charge >= 0.3 is 6.03 Å². The van der Waals surface area contributed by atoms with Crippen molar-refractivity contribution in [3.8, 4) is 0 Å². The van der Waals surface area contributed by atoms with Crippen LogP contribution in [0.3, 0.4) is 0 Å². The van der Waals surface area contributed by atoms with Gasteiger partial charge in [0.25, 0.3) is 11.6 Å². The van der Waals surface area contributed by atoms with Gasteiger partial charge in [-0.05, 0) is 37.7 Å². The third kappa shape index (κ3) is 4.42. The molecule has 0 bridgehead atoms. The minimum Gasteiger partial charge on any atom is -0.352 e. The highest BCUT2D eigenvalue weighted by molar-refractivity contribution is 6.03. The fourth-order valence-corrected chi connectivity index (χ4v) is 4.51. The molecule has 10 heteroatoms. The van der Waals surface area contributed by atoms with Crippen LogP contribution in [0.2, 0.25) is 0 Å². The first-order valence-electron chi connectivity index (χ1n) is 11.4. The zero-order chi connectivity index (χ0) is 23.9. The summed E-state index contributed by atoms with van der Waals surface area (Å²) in [6, 6.07) is 4.26. The van der Waals surface area contributed by atoms with Crippen LogP contribution < -0.4 is 10.6 Å². The number of nitrogens with zero attached hydrogens (tertiary/aromatic N) is 3. The second kappa shape index (κ2) is 8.84. The van der Waals surface area contributed by atoms with Crippen molar-refractivity contribution in [2.75, 3.05) is 13.1 Å². The smallest absolute Gasteiger partial charge is 0.322 e. The van der Waals surface area contributed by atoms with Gasteiger partial charge in [-0.2, -0.15) is 0 Å². The van der Waals surface area contributed by atoms with Crippen molar-refractivity contribution >= 4 is 23.5 Å². The van der Waals surface area contributed by atoms with Gasteiger partial charge in [0.05, 0.1) is 28.8 Å². The number of nitrogens with one attached hydrogen (secondary N) is 2. The van der Waals surface area contributed by atoms with Crippen molar-refractivity contribution in [2.24, 2.45) is 5.92 Å². The number of nitro groups is 1. The normalized spacial score (nSPS) is 21.3. The Balaban J connectivity index is 1.71. The molecule has 0 spiro atoms. The number of amides is 4. The SMILES string of the molecule is CCN1C(=O)N[C@@H](c2cccc([N+](=O)[O-])c2)C2=C1CN([C@H](CC(C)C)C(=O)NC1CC1)C2=O. The summed E-state index contributed by atoms with van der Waals surface area (Å²) in [5.41, 5.74) is 1.25. The summed E-state index contributed by atoms with van der Waals surface area (Å²) in [5, 5.41) is 17.1. The van der Waals surface area contributed by atoms with Crippen molar-refractivity contribution < 1.29 is 19.3 Å². The fraction of sp³-hybridized carbons (Fsp3) is 0.522. The first kappa shape index (κ1) is 22.8. The number of likely N-dealkylation sites (N-methyl/N-ethyl adjacent to an activating group) is 1. The molecular weight excluding hydrogens is 426 g/mol. The maximum atomic E-state index is 13.7. The van der Waals surface area contributed by atoms with Crippen molar-refractivity contribution in [3.63, 3.8) is 0 Å². The van der Waals surface area contributed by atoms with Crippen LogP contribution in [0.25, 0.3) is 0 Å². The van der Waals surface area contributed by atoms with E-state index in [1.807, 2.05) is 20.8 Å². The van der Waals surface area contributed by atoms with Gasteiger partial charge in [0, 0.05) is 24.7 Å². The second-order valence-corrected chi connectivity index (χ2v) is 9.20. The fourth-order valence-electron chi connectivity index (χ4n) is 4.51. The topological polar surface area (TPSA) is 125 Å². The molecule has 176 valence electrons. The Morgan fingerprint density at radius 1 is 1.30 bits per heavy atom. The van der Waals surface area contributed by atoms with Crippen molar-refractivity contribution in [2.45, 2.75) is 58.2 Å². The Kier molecular flexibility index (Phi) is 6.09. The Hall–Kier alpha value is -3.43. The number of hydrogen-bond acceptors (Lipinski definition) is 5. The van der Waals surface area contributed by atoms with Crippen LogP contribution in [-0.2, 0) is 9.59 Å². The number of carbonyl (C=O) groups is 3. The summed E-state index contributed by atoms with van der Waals surface area (Å²) in [6.07, 6.45) is 2.39. The summed E-state index contributed by atoms with van der Waals surface area (Å²) in [4.78, 5) is 53.5.